The van der Waals surface area contributed by atoms with Gasteiger partial charge in [0.15, 0.2) is 5.16 Å². The molecule has 0 atom stereocenters. The van der Waals surface area contributed by atoms with Gasteiger partial charge in [0.2, 0.25) is 0 Å². The molecule has 0 fully saturated rings. The molecule has 3 aromatic heterocycles. The summed E-state index contributed by atoms with van der Waals surface area (Å²) in [4.78, 5) is 3.72. The van der Waals surface area contributed by atoms with Crippen LogP contribution >= 0.6 is 0 Å². The first-order valence-electron chi connectivity index (χ1n) is 3.87. The molecule has 0 saturated heterocycles. The van der Waals surface area contributed by atoms with E-state index in [2.05, 4.69) is 50.1 Å². The molecule has 0 aromatic carbocycles. The van der Waals surface area contributed by atoms with Crippen LogP contribution in [0.3, 0.4) is 0 Å². The molecule has 0 aliphatic rings. The minimum Gasteiger partial charge on any atom is -0.240 e. The SMILES string of the molecule is [N-]=[N+]=Nc1nonc1-[n+]1nc2nonc2[nH]1. The third-order valence-electron chi connectivity index (χ3n) is 1.67. The largest absolute Gasteiger partial charge is 0.448 e. The minimum absolute atomic E-state index is 0.0548. The molecule has 12 heteroatoms. The van der Waals surface area contributed by atoms with Crippen LogP contribution in [-0.2, 0) is 0 Å². The quantitative estimate of drug-likeness (QED) is 0.265. The molecule has 0 saturated carbocycles. The second kappa shape index (κ2) is 2.99. The molecule has 3 rings (SSSR count). The molecule has 0 unspecified atom stereocenters. The molecular weight excluding hydrogens is 220 g/mol. The number of aromatic amines is 1. The molecular formula is C4HN10O2+. The first kappa shape index (κ1) is 8.31. The van der Waals surface area contributed by atoms with E-state index in [1.165, 1.54) is 0 Å². The van der Waals surface area contributed by atoms with Gasteiger partial charge < -0.3 is 0 Å². The number of nitrogens with one attached hydrogen (secondary N) is 1. The van der Waals surface area contributed by atoms with E-state index in [-0.39, 0.29) is 17.3 Å². The summed E-state index contributed by atoms with van der Waals surface area (Å²) in [5.41, 5.74) is 8.84. The van der Waals surface area contributed by atoms with Gasteiger partial charge in [-0.3, -0.25) is 0 Å². The zero-order valence-electron chi connectivity index (χ0n) is 7.34. The van der Waals surface area contributed by atoms with E-state index >= 15 is 0 Å². The average Bonchev–Trinajstić information content (AvgIpc) is 2.88. The smallest absolute Gasteiger partial charge is 0.240 e. The number of hydrogen-bond donors (Lipinski definition) is 1. The third-order valence-corrected chi connectivity index (χ3v) is 1.67. The maximum atomic E-state index is 8.28. The molecule has 16 heavy (non-hydrogen) atoms. The molecule has 78 valence electrons. The van der Waals surface area contributed by atoms with Crippen molar-refractivity contribution in [2.75, 3.05) is 0 Å². The normalized spacial score (nSPS) is 10.5. The fourth-order valence-electron chi connectivity index (χ4n) is 1.06. The van der Waals surface area contributed by atoms with Gasteiger partial charge in [0.05, 0.1) is 0 Å². The van der Waals surface area contributed by atoms with Crippen LogP contribution in [0.15, 0.2) is 14.4 Å². The standard InChI is InChI=1S/C4HN10O2/c5-13-6-3-4(12-16-11-3)14-7-1-2(8-14)10-15-9-1/h(H,7,8,9,10)/q+1. The lowest BCUT2D eigenvalue weighted by molar-refractivity contribution is -0.714. The average molecular weight is 221 g/mol. The van der Waals surface area contributed by atoms with E-state index < -0.39 is 0 Å². The molecule has 3 aromatic rings. The monoisotopic (exact) mass is 221 g/mol. The van der Waals surface area contributed by atoms with Gasteiger partial charge in [-0.25, -0.2) is 4.63 Å². The van der Waals surface area contributed by atoms with Crippen LogP contribution in [0.1, 0.15) is 0 Å². The van der Waals surface area contributed by atoms with Crippen molar-refractivity contribution in [2.24, 2.45) is 5.11 Å². The van der Waals surface area contributed by atoms with Crippen molar-refractivity contribution >= 4 is 17.1 Å². The number of aromatic nitrogens is 7. The van der Waals surface area contributed by atoms with Gasteiger partial charge in [-0.05, 0) is 36.0 Å². The van der Waals surface area contributed by atoms with Crippen LogP contribution in [0.5, 0.6) is 0 Å². The topological polar surface area (TPSA) is 159 Å². The lowest BCUT2D eigenvalue weighted by Crippen LogP contribution is -2.36. The first-order chi connectivity index (χ1) is 7.88. The van der Waals surface area contributed by atoms with Crippen LogP contribution in [0.2, 0.25) is 0 Å². The summed E-state index contributed by atoms with van der Waals surface area (Å²) in [5.74, 6) is 0.0402. The minimum atomic E-state index is -0.0548. The molecule has 0 radical (unpaired) electrons. The molecule has 3 heterocycles. The summed E-state index contributed by atoms with van der Waals surface area (Å²) in [6.45, 7) is 0. The Bertz CT molecular complexity index is 656. The highest BCUT2D eigenvalue weighted by Crippen LogP contribution is 2.12. The summed E-state index contributed by atoms with van der Waals surface area (Å²) in [7, 11) is 0. The molecule has 12 nitrogen and oxygen atoms in total. The van der Waals surface area contributed by atoms with Gasteiger partial charge in [-0.15, -0.1) is 4.63 Å². The van der Waals surface area contributed by atoms with Crippen molar-refractivity contribution in [1.82, 2.24) is 30.8 Å². The molecule has 0 bridgehead atoms. The van der Waals surface area contributed by atoms with Gasteiger partial charge in [0, 0.05) is 4.91 Å². The van der Waals surface area contributed by atoms with E-state index in [0.29, 0.717) is 5.65 Å². The second-order valence-electron chi connectivity index (χ2n) is 2.56. The van der Waals surface area contributed by atoms with Crippen molar-refractivity contribution in [1.29, 1.82) is 0 Å². The van der Waals surface area contributed by atoms with Crippen molar-refractivity contribution < 1.29 is 14.1 Å². The molecule has 0 spiro atoms. The number of azide groups is 1. The van der Waals surface area contributed by atoms with Gasteiger partial charge >= 0.3 is 5.82 Å². The summed E-state index contributed by atoms with van der Waals surface area (Å²) in [5, 5.41) is 23.7. The Morgan fingerprint density at radius 1 is 1.25 bits per heavy atom. The molecule has 0 aliphatic heterocycles. The Hall–Kier alpha value is -3.01. The number of hydrogen-bond acceptors (Lipinski definition) is 8. The van der Waals surface area contributed by atoms with Crippen LogP contribution in [0.4, 0.5) is 5.82 Å². The van der Waals surface area contributed by atoms with Crippen LogP contribution in [0, 0.1) is 0 Å². The van der Waals surface area contributed by atoms with E-state index in [4.69, 9.17) is 5.53 Å². The predicted octanol–water partition coefficient (Wildman–Crippen LogP) is -0.453. The first-order valence-corrected chi connectivity index (χ1v) is 3.87. The zero-order valence-corrected chi connectivity index (χ0v) is 7.34. The van der Waals surface area contributed by atoms with Crippen molar-refractivity contribution in [3.63, 3.8) is 0 Å². The fraction of sp³-hybridized carbons (Fsp3) is 0. The fourth-order valence-corrected chi connectivity index (χ4v) is 1.06. The van der Waals surface area contributed by atoms with Gasteiger partial charge in [-0.1, -0.05) is 0 Å². The van der Waals surface area contributed by atoms with Crippen molar-refractivity contribution in [3.05, 3.63) is 10.4 Å². The summed E-state index contributed by atoms with van der Waals surface area (Å²) < 4.78 is 8.82. The Balaban J connectivity index is 2.18. The zero-order chi connectivity index (χ0) is 11.0. The maximum Gasteiger partial charge on any atom is 0.448 e. The Kier molecular flexibility index (Phi) is 1.56. The van der Waals surface area contributed by atoms with Gasteiger partial charge in [0.25, 0.3) is 17.1 Å². The summed E-state index contributed by atoms with van der Waals surface area (Å²) in [6, 6.07) is 0. The lowest BCUT2D eigenvalue weighted by Gasteiger charge is -1.79. The number of fused-ring (bicyclic) bond motifs is 1. The van der Waals surface area contributed by atoms with Gasteiger partial charge in [-0.2, -0.15) is 5.10 Å². The molecule has 0 amide bonds. The van der Waals surface area contributed by atoms with Crippen LogP contribution < -0.4 is 4.80 Å². The van der Waals surface area contributed by atoms with Crippen molar-refractivity contribution in [3.8, 4) is 5.82 Å². The van der Waals surface area contributed by atoms with E-state index in [1.54, 1.807) is 0 Å². The molecule has 1 N–H and O–H groups in total. The Morgan fingerprint density at radius 2 is 2.12 bits per heavy atom. The van der Waals surface area contributed by atoms with E-state index in [9.17, 15) is 0 Å². The number of H-pyrrole nitrogens is 1. The highest BCUT2D eigenvalue weighted by Gasteiger charge is 2.25. The van der Waals surface area contributed by atoms with E-state index in [0.717, 1.165) is 4.80 Å². The number of rotatable bonds is 2. The number of nitrogens with zero attached hydrogens (tertiary/aromatic N) is 9. The lowest BCUT2D eigenvalue weighted by atomic mass is 10.7. The summed E-state index contributed by atoms with van der Waals surface area (Å²) in [6.07, 6.45) is 0. The molecule has 0 aliphatic carbocycles. The van der Waals surface area contributed by atoms with E-state index in [1.807, 2.05) is 0 Å². The highest BCUT2D eigenvalue weighted by atomic mass is 16.6. The second-order valence-corrected chi connectivity index (χ2v) is 2.56. The van der Waals surface area contributed by atoms with Crippen LogP contribution in [-0.4, -0.2) is 30.8 Å². The van der Waals surface area contributed by atoms with Crippen LogP contribution in [0.25, 0.3) is 27.6 Å². The van der Waals surface area contributed by atoms with Gasteiger partial charge in [0.1, 0.15) is 0 Å². The predicted molar refractivity (Wildman–Crippen MR) is 42.1 cm³/mol. The Labute approximate surface area is 84.4 Å². The Morgan fingerprint density at radius 3 is 2.94 bits per heavy atom. The van der Waals surface area contributed by atoms with Crippen molar-refractivity contribution in [2.45, 2.75) is 0 Å². The maximum absolute atomic E-state index is 8.28. The summed E-state index contributed by atoms with van der Waals surface area (Å²) >= 11 is 0. The highest BCUT2D eigenvalue weighted by molar-refractivity contribution is 5.60. The third kappa shape index (κ3) is 1.07.